The topological polar surface area (TPSA) is 65.2 Å². The minimum Gasteiger partial charge on any atom is -0.426 e. The zero-order valence-electron chi connectivity index (χ0n) is 11.8. The van der Waals surface area contributed by atoms with Crippen LogP contribution in [0.2, 0.25) is 0 Å². The number of benzene rings is 2. The van der Waals surface area contributed by atoms with Gasteiger partial charge in [-0.3, -0.25) is 4.79 Å². The quantitative estimate of drug-likeness (QED) is 0.369. The van der Waals surface area contributed by atoms with Crippen LogP contribution in [0.15, 0.2) is 68.7 Å². The molecular weight excluding hydrogens is 380 g/mol. The second-order valence-electron chi connectivity index (χ2n) is 4.46. The second-order valence-corrected chi connectivity index (χ2v) is 6.30. The van der Waals surface area contributed by atoms with Crippen molar-refractivity contribution >= 4 is 33.7 Å². The van der Waals surface area contributed by atoms with Crippen molar-refractivity contribution in [2.24, 2.45) is 0 Å². The van der Waals surface area contributed by atoms with Gasteiger partial charge in [-0.25, -0.2) is 0 Å². The number of esters is 1. The fourth-order valence-electron chi connectivity index (χ4n) is 1.75. The average Bonchev–Trinajstić information content (AvgIpc) is 3.05. The molecule has 3 aromatic rings. The number of hydrogen-bond acceptors (Lipinski definition) is 6. The molecule has 0 amide bonds. The van der Waals surface area contributed by atoms with E-state index in [4.69, 9.17) is 9.15 Å². The van der Waals surface area contributed by atoms with E-state index in [1.54, 1.807) is 24.3 Å². The third kappa shape index (κ3) is 4.43. The predicted molar refractivity (Wildman–Crippen MR) is 90.2 cm³/mol. The number of halogens is 1. The van der Waals surface area contributed by atoms with Crippen molar-refractivity contribution in [2.75, 3.05) is 5.75 Å². The van der Waals surface area contributed by atoms with E-state index in [0.717, 1.165) is 21.8 Å². The van der Waals surface area contributed by atoms with Crippen molar-refractivity contribution in [3.8, 4) is 17.2 Å². The highest BCUT2D eigenvalue weighted by Gasteiger charge is 2.12. The molecule has 0 unspecified atom stereocenters. The van der Waals surface area contributed by atoms with E-state index in [2.05, 4.69) is 26.1 Å². The van der Waals surface area contributed by atoms with Crippen molar-refractivity contribution in [1.29, 1.82) is 0 Å². The summed E-state index contributed by atoms with van der Waals surface area (Å²) >= 11 is 4.46. The Morgan fingerprint density at radius 2 is 1.83 bits per heavy atom. The summed E-state index contributed by atoms with van der Waals surface area (Å²) in [4.78, 5) is 11.8. The van der Waals surface area contributed by atoms with Crippen molar-refractivity contribution in [3.63, 3.8) is 0 Å². The van der Waals surface area contributed by atoms with Gasteiger partial charge in [0.15, 0.2) is 0 Å². The summed E-state index contributed by atoms with van der Waals surface area (Å²) in [6.45, 7) is 0. The van der Waals surface area contributed by atoms with Crippen LogP contribution in [0.4, 0.5) is 0 Å². The zero-order chi connectivity index (χ0) is 16.1. The molecule has 0 aliphatic rings. The summed E-state index contributed by atoms with van der Waals surface area (Å²) in [5.74, 6) is 0.632. The fraction of sp³-hybridized carbons (Fsp3) is 0.0625. The van der Waals surface area contributed by atoms with Crippen LogP contribution in [0.1, 0.15) is 0 Å². The van der Waals surface area contributed by atoms with Crippen molar-refractivity contribution in [2.45, 2.75) is 5.22 Å². The van der Waals surface area contributed by atoms with Gasteiger partial charge in [-0.2, -0.15) is 0 Å². The van der Waals surface area contributed by atoms with Crippen molar-refractivity contribution < 1.29 is 13.9 Å². The van der Waals surface area contributed by atoms with Crippen LogP contribution in [0.3, 0.4) is 0 Å². The minimum absolute atomic E-state index is 0.0898. The monoisotopic (exact) mass is 390 g/mol. The summed E-state index contributed by atoms with van der Waals surface area (Å²) in [6, 6.07) is 16.5. The summed E-state index contributed by atoms with van der Waals surface area (Å²) in [7, 11) is 0. The Morgan fingerprint density at radius 3 is 2.57 bits per heavy atom. The molecule has 0 radical (unpaired) electrons. The largest absolute Gasteiger partial charge is 0.426 e. The molecule has 0 fully saturated rings. The zero-order valence-corrected chi connectivity index (χ0v) is 14.2. The van der Waals surface area contributed by atoms with Crippen molar-refractivity contribution in [3.05, 3.63) is 59.1 Å². The first-order chi connectivity index (χ1) is 11.2. The number of nitrogens with zero attached hydrogens (tertiary/aromatic N) is 2. The van der Waals surface area contributed by atoms with E-state index >= 15 is 0 Å². The van der Waals surface area contributed by atoms with E-state index in [1.807, 2.05) is 30.3 Å². The third-order valence-corrected chi connectivity index (χ3v) is 4.11. The molecule has 3 rings (SSSR count). The molecule has 0 saturated carbocycles. The Kier molecular flexibility index (Phi) is 5.09. The van der Waals surface area contributed by atoms with Gasteiger partial charge in [-0.1, -0.05) is 45.9 Å². The van der Waals surface area contributed by atoms with Gasteiger partial charge in [0, 0.05) is 10.0 Å². The third-order valence-electron chi connectivity index (χ3n) is 2.79. The summed E-state index contributed by atoms with van der Waals surface area (Å²) in [6.07, 6.45) is 0. The molecule has 1 heterocycles. The number of carbonyl (C=O) groups is 1. The first kappa shape index (κ1) is 15.8. The molecule has 116 valence electrons. The lowest BCUT2D eigenvalue weighted by Gasteiger charge is -2.02. The first-order valence-electron chi connectivity index (χ1n) is 6.69. The lowest BCUT2D eigenvalue weighted by molar-refractivity contribution is -0.131. The Balaban J connectivity index is 1.55. The van der Waals surface area contributed by atoms with Crippen molar-refractivity contribution in [1.82, 2.24) is 10.2 Å². The Labute approximate surface area is 145 Å². The molecule has 0 aliphatic carbocycles. The van der Waals surface area contributed by atoms with Gasteiger partial charge in [0.05, 0.1) is 0 Å². The summed E-state index contributed by atoms with van der Waals surface area (Å²) < 4.78 is 11.6. The van der Waals surface area contributed by atoms with Crippen LogP contribution in [-0.2, 0) is 4.79 Å². The van der Waals surface area contributed by atoms with Crippen LogP contribution in [-0.4, -0.2) is 21.9 Å². The molecule has 23 heavy (non-hydrogen) atoms. The molecule has 5 nitrogen and oxygen atoms in total. The second kappa shape index (κ2) is 7.43. The number of aromatic nitrogens is 2. The van der Waals surface area contributed by atoms with Gasteiger partial charge >= 0.3 is 5.97 Å². The molecule has 7 heteroatoms. The maximum atomic E-state index is 11.8. The minimum atomic E-state index is -0.378. The first-order valence-corrected chi connectivity index (χ1v) is 8.46. The van der Waals surface area contributed by atoms with Crippen LogP contribution >= 0.6 is 27.7 Å². The predicted octanol–water partition coefficient (Wildman–Crippen LogP) is 4.20. The smallest absolute Gasteiger partial charge is 0.321 e. The standard InChI is InChI=1S/C16H11BrN2O3S/c17-12-6-8-13(9-7-12)21-14(20)10-23-16-19-18-15(22-16)11-4-2-1-3-5-11/h1-9H,10H2. The lowest BCUT2D eigenvalue weighted by Crippen LogP contribution is -2.10. The summed E-state index contributed by atoms with van der Waals surface area (Å²) in [5, 5.41) is 8.21. The highest BCUT2D eigenvalue weighted by molar-refractivity contribution is 9.10. The molecule has 0 bridgehead atoms. The van der Waals surface area contributed by atoms with E-state index in [0.29, 0.717) is 16.9 Å². The molecule has 0 aliphatic heterocycles. The Hall–Kier alpha value is -2.12. The molecule has 0 saturated heterocycles. The molecule has 1 aromatic heterocycles. The molecular formula is C16H11BrN2O3S. The lowest BCUT2D eigenvalue weighted by atomic mass is 10.2. The van der Waals surface area contributed by atoms with E-state index in [-0.39, 0.29) is 11.7 Å². The highest BCUT2D eigenvalue weighted by Crippen LogP contribution is 2.23. The van der Waals surface area contributed by atoms with E-state index in [1.165, 1.54) is 0 Å². The molecule has 2 aromatic carbocycles. The van der Waals surface area contributed by atoms with Gasteiger partial charge in [0.25, 0.3) is 5.22 Å². The van der Waals surface area contributed by atoms with Gasteiger partial charge in [-0.05, 0) is 36.4 Å². The molecule has 0 atom stereocenters. The number of rotatable bonds is 5. The van der Waals surface area contributed by atoms with Gasteiger partial charge in [0.1, 0.15) is 11.5 Å². The van der Waals surface area contributed by atoms with Gasteiger partial charge in [-0.15, -0.1) is 10.2 Å². The number of thioether (sulfide) groups is 1. The maximum absolute atomic E-state index is 11.8. The van der Waals surface area contributed by atoms with Gasteiger partial charge in [0.2, 0.25) is 5.89 Å². The highest BCUT2D eigenvalue weighted by atomic mass is 79.9. The number of carbonyl (C=O) groups excluding carboxylic acids is 1. The van der Waals surface area contributed by atoms with Gasteiger partial charge < -0.3 is 9.15 Å². The van der Waals surface area contributed by atoms with Crippen LogP contribution in [0, 0.1) is 0 Å². The average molecular weight is 391 g/mol. The maximum Gasteiger partial charge on any atom is 0.321 e. The van der Waals surface area contributed by atoms with E-state index in [9.17, 15) is 4.79 Å². The number of ether oxygens (including phenoxy) is 1. The SMILES string of the molecule is O=C(CSc1nnc(-c2ccccc2)o1)Oc1ccc(Br)cc1. The molecule has 0 N–H and O–H groups in total. The van der Waals surface area contributed by atoms with E-state index < -0.39 is 0 Å². The Morgan fingerprint density at radius 1 is 1.09 bits per heavy atom. The summed E-state index contributed by atoms with van der Waals surface area (Å²) in [5.41, 5.74) is 0.837. The Bertz CT molecular complexity index is 791. The van der Waals surface area contributed by atoms with Crippen LogP contribution < -0.4 is 4.74 Å². The van der Waals surface area contributed by atoms with Crippen LogP contribution in [0.25, 0.3) is 11.5 Å². The molecule has 0 spiro atoms. The number of hydrogen-bond donors (Lipinski definition) is 0. The normalized spacial score (nSPS) is 10.5. The van der Waals surface area contributed by atoms with Crippen LogP contribution in [0.5, 0.6) is 5.75 Å². The fourth-order valence-corrected chi connectivity index (χ4v) is 2.55.